The van der Waals surface area contributed by atoms with Gasteiger partial charge in [0.2, 0.25) is 0 Å². The van der Waals surface area contributed by atoms with Crippen LogP contribution in [0, 0.1) is 0 Å². The van der Waals surface area contributed by atoms with E-state index in [1.165, 1.54) is 23.5 Å². The second-order valence-corrected chi connectivity index (χ2v) is 12.5. The minimum absolute atomic E-state index is 0. The molecule has 1 atom stereocenters. The number of hydrogen-bond donors (Lipinski definition) is 1. The Morgan fingerprint density at radius 1 is 1.09 bits per heavy atom. The molecule has 1 N–H and O–H groups in total. The molecule has 188 valence electrons. The highest BCUT2D eigenvalue weighted by Gasteiger charge is 2.24. The molecule has 1 aromatic heterocycles. The fourth-order valence-corrected chi connectivity index (χ4v) is 5.67. The third-order valence-corrected chi connectivity index (χ3v) is 8.94. The van der Waals surface area contributed by atoms with Crippen molar-refractivity contribution in [2.24, 2.45) is 0 Å². The Hall–Kier alpha value is -2.14. The van der Waals surface area contributed by atoms with Crippen molar-refractivity contribution in [3.8, 4) is 11.3 Å². The predicted octanol–water partition coefficient (Wildman–Crippen LogP) is 4.77. The molecule has 6 nitrogen and oxygen atoms in total. The molecule has 0 aliphatic heterocycles. The summed E-state index contributed by atoms with van der Waals surface area (Å²) in [6.07, 6.45) is 2.54. The molecule has 0 aliphatic carbocycles. The highest BCUT2D eigenvalue weighted by molar-refractivity contribution is 7.98. The van der Waals surface area contributed by atoms with Gasteiger partial charge in [0.05, 0.1) is 28.3 Å². The molecule has 0 fully saturated rings. The second-order valence-electron chi connectivity index (χ2n) is 8.06. The number of amides is 1. The van der Waals surface area contributed by atoms with Crippen LogP contribution in [0.25, 0.3) is 11.3 Å². The third-order valence-electron chi connectivity index (χ3n) is 5.30. The Bertz CT molecular complexity index is 1240. The van der Waals surface area contributed by atoms with Crippen molar-refractivity contribution in [2.75, 3.05) is 12.0 Å². The van der Waals surface area contributed by atoms with E-state index in [0.717, 1.165) is 11.3 Å². The first kappa shape index (κ1) is 29.1. The SMILES string of the molecule is CSCC[C@H](NC(=O)c1cccc(S(=O)(=O)C(C)C)c1)C(=O)Cc1nc(-c2ccccc2)cs1.S. The van der Waals surface area contributed by atoms with Gasteiger partial charge >= 0.3 is 0 Å². The molecule has 0 unspecified atom stereocenters. The third kappa shape index (κ3) is 7.67. The van der Waals surface area contributed by atoms with Gasteiger partial charge in [-0.05, 0) is 50.5 Å². The van der Waals surface area contributed by atoms with Gasteiger partial charge in [0.15, 0.2) is 15.6 Å². The average Bonchev–Trinajstić information content (AvgIpc) is 3.30. The fourth-order valence-electron chi connectivity index (χ4n) is 3.28. The van der Waals surface area contributed by atoms with Crippen LogP contribution in [0.3, 0.4) is 0 Å². The number of carbonyl (C=O) groups excluding carboxylic acids is 2. The molecule has 0 saturated carbocycles. The van der Waals surface area contributed by atoms with Crippen molar-refractivity contribution in [1.82, 2.24) is 10.3 Å². The molecular weight excluding hydrogens is 521 g/mol. The number of nitrogens with zero attached hydrogens (tertiary/aromatic N) is 1. The Kier molecular flexibility index (Phi) is 11.0. The number of nitrogens with one attached hydrogen (secondary N) is 1. The van der Waals surface area contributed by atoms with Crippen LogP contribution in [0.2, 0.25) is 0 Å². The molecule has 0 spiro atoms. The minimum atomic E-state index is -3.51. The Balaban J connectivity index is 0.00000432. The van der Waals surface area contributed by atoms with E-state index in [4.69, 9.17) is 0 Å². The molecular formula is C25H30N2O4S4. The molecule has 3 aromatic rings. The van der Waals surface area contributed by atoms with E-state index in [1.54, 1.807) is 37.7 Å². The molecule has 1 amide bonds. The summed E-state index contributed by atoms with van der Waals surface area (Å²) in [5.74, 6) is 0.109. The maximum absolute atomic E-state index is 13.1. The van der Waals surface area contributed by atoms with E-state index in [9.17, 15) is 18.0 Å². The van der Waals surface area contributed by atoms with Crippen LogP contribution in [-0.2, 0) is 21.1 Å². The summed E-state index contributed by atoms with van der Waals surface area (Å²) in [5, 5.41) is 4.83. The van der Waals surface area contributed by atoms with E-state index < -0.39 is 27.0 Å². The molecule has 10 heteroatoms. The first-order chi connectivity index (χ1) is 16.2. The van der Waals surface area contributed by atoms with Gasteiger partial charge in [0.1, 0.15) is 5.01 Å². The summed E-state index contributed by atoms with van der Waals surface area (Å²) < 4.78 is 25.0. The van der Waals surface area contributed by atoms with E-state index in [1.807, 2.05) is 42.0 Å². The smallest absolute Gasteiger partial charge is 0.251 e. The number of rotatable bonds is 11. The largest absolute Gasteiger partial charge is 0.342 e. The minimum Gasteiger partial charge on any atom is -0.342 e. The number of sulfone groups is 1. The zero-order valence-electron chi connectivity index (χ0n) is 19.9. The number of Topliss-reactive ketones (excluding diaryl/α,β-unsaturated/α-hetero) is 1. The van der Waals surface area contributed by atoms with Crippen molar-refractivity contribution in [2.45, 2.75) is 42.9 Å². The van der Waals surface area contributed by atoms with Crippen molar-refractivity contribution in [3.05, 3.63) is 70.5 Å². The van der Waals surface area contributed by atoms with Crippen molar-refractivity contribution < 1.29 is 18.0 Å². The van der Waals surface area contributed by atoms with Gasteiger partial charge < -0.3 is 5.32 Å². The molecule has 0 aliphatic rings. The van der Waals surface area contributed by atoms with Crippen LogP contribution < -0.4 is 5.32 Å². The fraction of sp³-hybridized carbons (Fsp3) is 0.320. The normalized spacial score (nSPS) is 12.1. The topological polar surface area (TPSA) is 93.2 Å². The van der Waals surface area contributed by atoms with Crippen LogP contribution >= 0.6 is 36.6 Å². The molecule has 1 heterocycles. The standard InChI is InChI=1S/C25H28N2O4S3.H2S/c1-17(2)34(30,31)20-11-7-10-19(14-20)25(29)27-21(12-13-32-3)23(28)15-24-26-22(16-33-24)18-8-5-4-6-9-18;/h4-11,14,16-17,21H,12-13,15H2,1-3H3,(H,27,29);1H2/t21-;/m0./s1. The van der Waals surface area contributed by atoms with Crippen LogP contribution in [0.1, 0.15) is 35.6 Å². The summed E-state index contributed by atoms with van der Waals surface area (Å²) in [6, 6.07) is 15.0. The lowest BCUT2D eigenvalue weighted by molar-refractivity contribution is -0.120. The summed E-state index contributed by atoms with van der Waals surface area (Å²) in [4.78, 5) is 30.7. The van der Waals surface area contributed by atoms with Gasteiger partial charge in [0.25, 0.3) is 5.91 Å². The van der Waals surface area contributed by atoms with Gasteiger partial charge in [-0.1, -0.05) is 36.4 Å². The highest BCUT2D eigenvalue weighted by Crippen LogP contribution is 2.22. The number of benzene rings is 2. The Morgan fingerprint density at radius 2 is 1.80 bits per heavy atom. The van der Waals surface area contributed by atoms with Crippen molar-refractivity contribution in [1.29, 1.82) is 0 Å². The number of thioether (sulfide) groups is 1. The van der Waals surface area contributed by atoms with Crippen LogP contribution in [0.4, 0.5) is 0 Å². The van der Waals surface area contributed by atoms with E-state index in [-0.39, 0.29) is 36.2 Å². The number of thiazole rings is 1. The quantitative estimate of drug-likeness (QED) is 0.370. The molecule has 0 saturated heterocycles. The lowest BCUT2D eigenvalue weighted by Crippen LogP contribution is -2.42. The van der Waals surface area contributed by atoms with E-state index >= 15 is 0 Å². The lowest BCUT2D eigenvalue weighted by atomic mass is 10.1. The molecule has 3 rings (SSSR count). The maximum atomic E-state index is 13.1. The predicted molar refractivity (Wildman–Crippen MR) is 150 cm³/mol. The first-order valence-electron chi connectivity index (χ1n) is 10.9. The summed E-state index contributed by atoms with van der Waals surface area (Å²) in [6.45, 7) is 3.20. The molecule has 35 heavy (non-hydrogen) atoms. The second kappa shape index (κ2) is 13.2. The zero-order chi connectivity index (χ0) is 24.7. The maximum Gasteiger partial charge on any atom is 0.251 e. The molecule has 0 bridgehead atoms. The van der Waals surface area contributed by atoms with Gasteiger partial charge in [-0.15, -0.1) is 11.3 Å². The summed E-state index contributed by atoms with van der Waals surface area (Å²) in [7, 11) is -3.51. The Morgan fingerprint density at radius 3 is 2.46 bits per heavy atom. The van der Waals surface area contributed by atoms with Crippen LogP contribution in [-0.4, -0.2) is 48.4 Å². The molecule has 0 radical (unpaired) electrons. The number of hydrogen-bond acceptors (Lipinski definition) is 7. The van der Waals surface area contributed by atoms with Crippen LogP contribution in [0.5, 0.6) is 0 Å². The zero-order valence-corrected chi connectivity index (χ0v) is 23.3. The summed E-state index contributed by atoms with van der Waals surface area (Å²) >= 11 is 3.01. The molecule has 2 aromatic carbocycles. The van der Waals surface area contributed by atoms with Gasteiger partial charge in [-0.3, -0.25) is 9.59 Å². The van der Waals surface area contributed by atoms with Gasteiger partial charge in [-0.2, -0.15) is 25.3 Å². The van der Waals surface area contributed by atoms with Crippen molar-refractivity contribution in [3.63, 3.8) is 0 Å². The number of aromatic nitrogens is 1. The number of carbonyl (C=O) groups is 2. The number of ketones is 1. The highest BCUT2D eigenvalue weighted by atomic mass is 32.2. The monoisotopic (exact) mass is 550 g/mol. The van der Waals surface area contributed by atoms with E-state index in [0.29, 0.717) is 17.2 Å². The van der Waals surface area contributed by atoms with Gasteiger partial charge in [-0.25, -0.2) is 13.4 Å². The average molecular weight is 551 g/mol. The first-order valence-corrected chi connectivity index (χ1v) is 14.7. The van der Waals surface area contributed by atoms with E-state index in [2.05, 4.69) is 10.3 Å². The lowest BCUT2D eigenvalue weighted by Gasteiger charge is -2.17. The van der Waals surface area contributed by atoms with Crippen molar-refractivity contribution >= 4 is 58.1 Å². The Labute approximate surface area is 222 Å². The van der Waals surface area contributed by atoms with Gasteiger partial charge in [0, 0.05) is 16.5 Å². The van der Waals surface area contributed by atoms with Crippen LogP contribution in [0.15, 0.2) is 64.9 Å². The summed E-state index contributed by atoms with van der Waals surface area (Å²) in [5.41, 5.74) is 2.02.